The zero-order valence-corrected chi connectivity index (χ0v) is 15.7. The van der Waals surface area contributed by atoms with Crippen molar-refractivity contribution in [2.75, 3.05) is 6.54 Å². The van der Waals surface area contributed by atoms with E-state index in [1.807, 2.05) is 37.3 Å². The summed E-state index contributed by atoms with van der Waals surface area (Å²) >= 11 is 0. The van der Waals surface area contributed by atoms with E-state index in [4.69, 9.17) is 0 Å². The number of carbonyl (C=O) groups excluding carboxylic acids is 1. The molecule has 0 aliphatic heterocycles. The highest BCUT2D eigenvalue weighted by molar-refractivity contribution is 6.04. The molecule has 1 rings (SSSR count). The number of hydrogen-bond donors (Lipinski definition) is 1. The highest BCUT2D eigenvalue weighted by Crippen LogP contribution is 2.10. The van der Waals surface area contributed by atoms with Crippen LogP contribution in [0.4, 0.5) is 0 Å². The summed E-state index contributed by atoms with van der Waals surface area (Å²) in [5.74, 6) is 0.0728. The second-order valence-corrected chi connectivity index (χ2v) is 6.67. The predicted molar refractivity (Wildman–Crippen MR) is 104 cm³/mol. The van der Waals surface area contributed by atoms with Crippen molar-refractivity contribution < 1.29 is 4.79 Å². The van der Waals surface area contributed by atoms with Gasteiger partial charge in [-0.1, -0.05) is 95.0 Å². The van der Waals surface area contributed by atoms with Crippen molar-refractivity contribution >= 4 is 5.78 Å². The molecule has 0 amide bonds. The fourth-order valence-corrected chi connectivity index (χ4v) is 2.83. The summed E-state index contributed by atoms with van der Waals surface area (Å²) in [5, 5.41) is 3.35. The number of unbranched alkanes of at least 4 members (excludes halogenated alkanes) is 9. The van der Waals surface area contributed by atoms with Gasteiger partial charge < -0.3 is 5.32 Å². The van der Waals surface area contributed by atoms with Crippen molar-refractivity contribution in [3.05, 3.63) is 47.7 Å². The predicted octanol–water partition coefficient (Wildman–Crippen LogP) is 6.28. The van der Waals surface area contributed by atoms with Crippen LogP contribution in [-0.4, -0.2) is 12.3 Å². The van der Waals surface area contributed by atoms with Crippen LogP contribution in [0.2, 0.25) is 0 Å². The number of allylic oxidation sites excluding steroid dienone is 2. The van der Waals surface area contributed by atoms with Gasteiger partial charge in [0.2, 0.25) is 0 Å². The lowest BCUT2D eigenvalue weighted by atomic mass is 10.1. The molecule has 1 N–H and O–H groups in total. The highest BCUT2D eigenvalue weighted by atomic mass is 16.1. The normalized spacial score (nSPS) is 11.5. The van der Waals surface area contributed by atoms with Crippen LogP contribution >= 0.6 is 0 Å². The lowest BCUT2D eigenvalue weighted by Crippen LogP contribution is -2.14. The Hall–Kier alpha value is -1.57. The first kappa shape index (κ1) is 20.5. The van der Waals surface area contributed by atoms with E-state index in [2.05, 4.69) is 12.2 Å². The van der Waals surface area contributed by atoms with Crippen molar-refractivity contribution in [1.29, 1.82) is 0 Å². The van der Waals surface area contributed by atoms with Gasteiger partial charge in [-0.15, -0.1) is 0 Å². The number of nitrogens with one attached hydrogen (secondary N) is 1. The summed E-state index contributed by atoms with van der Waals surface area (Å²) < 4.78 is 0. The first-order chi connectivity index (χ1) is 11.7. The largest absolute Gasteiger partial charge is 0.388 e. The zero-order valence-electron chi connectivity index (χ0n) is 15.7. The number of hydrogen-bond acceptors (Lipinski definition) is 2. The Kier molecular flexibility index (Phi) is 11.8. The molecule has 0 radical (unpaired) electrons. The Balaban J connectivity index is 2.00. The van der Waals surface area contributed by atoms with Crippen molar-refractivity contribution in [2.24, 2.45) is 0 Å². The second-order valence-electron chi connectivity index (χ2n) is 6.67. The molecule has 0 bridgehead atoms. The summed E-state index contributed by atoms with van der Waals surface area (Å²) in [6.07, 6.45) is 15.2. The summed E-state index contributed by atoms with van der Waals surface area (Å²) in [7, 11) is 0. The average Bonchev–Trinajstić information content (AvgIpc) is 2.60. The fraction of sp³-hybridized carbons (Fsp3) is 0.591. The first-order valence-electron chi connectivity index (χ1n) is 9.75. The second kappa shape index (κ2) is 13.8. The lowest BCUT2D eigenvalue weighted by Gasteiger charge is -2.06. The molecule has 0 fully saturated rings. The van der Waals surface area contributed by atoms with Crippen LogP contribution in [0.25, 0.3) is 0 Å². The van der Waals surface area contributed by atoms with Gasteiger partial charge in [-0.2, -0.15) is 0 Å². The van der Waals surface area contributed by atoms with Crippen molar-refractivity contribution in [3.63, 3.8) is 0 Å². The van der Waals surface area contributed by atoms with Gasteiger partial charge in [0.05, 0.1) is 0 Å². The molecule has 0 atom stereocenters. The molecular weight excluding hydrogens is 294 g/mol. The van der Waals surface area contributed by atoms with Gasteiger partial charge in [-0.05, 0) is 13.3 Å². The minimum Gasteiger partial charge on any atom is -0.388 e. The Bertz CT molecular complexity index is 464. The van der Waals surface area contributed by atoms with Crippen LogP contribution in [0.1, 0.15) is 88.4 Å². The molecule has 0 saturated heterocycles. The van der Waals surface area contributed by atoms with Gasteiger partial charge in [0.15, 0.2) is 5.78 Å². The van der Waals surface area contributed by atoms with Crippen LogP contribution in [0.15, 0.2) is 42.1 Å². The van der Waals surface area contributed by atoms with Gasteiger partial charge in [0.1, 0.15) is 0 Å². The minimum absolute atomic E-state index is 0.0728. The van der Waals surface area contributed by atoms with E-state index < -0.39 is 0 Å². The topological polar surface area (TPSA) is 29.1 Å². The first-order valence-corrected chi connectivity index (χ1v) is 9.75. The molecule has 0 heterocycles. The summed E-state index contributed by atoms with van der Waals surface area (Å²) in [6.45, 7) is 5.20. The van der Waals surface area contributed by atoms with Crippen LogP contribution in [0.3, 0.4) is 0 Å². The zero-order chi connectivity index (χ0) is 17.5. The average molecular weight is 330 g/mol. The summed E-state index contributed by atoms with van der Waals surface area (Å²) in [5.41, 5.74) is 1.71. The third-order valence-corrected chi connectivity index (χ3v) is 4.34. The van der Waals surface area contributed by atoms with Crippen LogP contribution in [0.5, 0.6) is 0 Å². The Morgan fingerprint density at radius 1 is 0.875 bits per heavy atom. The molecule has 1 aromatic rings. The fourth-order valence-electron chi connectivity index (χ4n) is 2.83. The van der Waals surface area contributed by atoms with Gasteiger partial charge in [0, 0.05) is 23.9 Å². The van der Waals surface area contributed by atoms with E-state index in [1.54, 1.807) is 6.08 Å². The molecule has 0 aliphatic rings. The van der Waals surface area contributed by atoms with Crippen LogP contribution in [-0.2, 0) is 0 Å². The van der Waals surface area contributed by atoms with E-state index >= 15 is 0 Å². The van der Waals surface area contributed by atoms with E-state index in [1.165, 1.54) is 64.2 Å². The van der Waals surface area contributed by atoms with Gasteiger partial charge in [0.25, 0.3) is 0 Å². The maximum absolute atomic E-state index is 12.0. The quantitative estimate of drug-likeness (QED) is 0.247. The molecule has 0 aromatic heterocycles. The maximum Gasteiger partial charge on any atom is 0.187 e. The third-order valence-electron chi connectivity index (χ3n) is 4.34. The third kappa shape index (κ3) is 10.3. The molecule has 0 spiro atoms. The van der Waals surface area contributed by atoms with E-state index in [9.17, 15) is 4.79 Å². The Morgan fingerprint density at radius 3 is 2.00 bits per heavy atom. The molecule has 24 heavy (non-hydrogen) atoms. The molecular formula is C22H35NO. The minimum atomic E-state index is 0.0728. The van der Waals surface area contributed by atoms with E-state index in [0.29, 0.717) is 0 Å². The molecule has 0 saturated carbocycles. The number of ketones is 1. The number of rotatable bonds is 14. The standard InChI is InChI=1S/C22H35NO/c1-3-4-5-6-7-8-9-10-11-15-18-23-20(2)19-22(24)21-16-13-12-14-17-21/h12-14,16-17,19,23H,3-11,15,18H2,1-2H3. The molecule has 2 nitrogen and oxygen atoms in total. The Labute approximate surface area is 148 Å². The van der Waals surface area contributed by atoms with Crippen LogP contribution in [0, 0.1) is 0 Å². The Morgan fingerprint density at radius 2 is 1.42 bits per heavy atom. The van der Waals surface area contributed by atoms with Gasteiger partial charge >= 0.3 is 0 Å². The van der Waals surface area contributed by atoms with Crippen molar-refractivity contribution in [2.45, 2.75) is 78.1 Å². The highest BCUT2D eigenvalue weighted by Gasteiger charge is 2.01. The monoisotopic (exact) mass is 329 g/mol. The smallest absolute Gasteiger partial charge is 0.187 e. The van der Waals surface area contributed by atoms with Crippen molar-refractivity contribution in [3.8, 4) is 0 Å². The summed E-state index contributed by atoms with van der Waals surface area (Å²) in [6, 6.07) is 9.43. The maximum atomic E-state index is 12.0. The lowest BCUT2D eigenvalue weighted by molar-refractivity contribution is 0.104. The van der Waals surface area contributed by atoms with Crippen LogP contribution < -0.4 is 5.32 Å². The molecule has 0 aliphatic carbocycles. The molecule has 2 heteroatoms. The van der Waals surface area contributed by atoms with Gasteiger partial charge in [-0.25, -0.2) is 0 Å². The van der Waals surface area contributed by atoms with E-state index in [-0.39, 0.29) is 5.78 Å². The molecule has 134 valence electrons. The number of carbonyl (C=O) groups is 1. The SMILES string of the molecule is CCCCCCCCCCCCNC(C)=CC(=O)c1ccccc1. The van der Waals surface area contributed by atoms with Crippen molar-refractivity contribution in [1.82, 2.24) is 5.32 Å². The van der Waals surface area contributed by atoms with Gasteiger partial charge in [-0.3, -0.25) is 4.79 Å². The summed E-state index contributed by atoms with van der Waals surface area (Å²) in [4.78, 5) is 12.0. The molecule has 1 aromatic carbocycles. The van der Waals surface area contributed by atoms with E-state index in [0.717, 1.165) is 17.8 Å². The number of benzene rings is 1. The molecule has 0 unspecified atom stereocenters.